The lowest BCUT2D eigenvalue weighted by Crippen LogP contribution is -2.49. The van der Waals surface area contributed by atoms with E-state index in [4.69, 9.17) is 13.9 Å². The molecule has 0 N–H and O–H groups in total. The van der Waals surface area contributed by atoms with E-state index in [0.29, 0.717) is 12.0 Å². The monoisotopic (exact) mass is 433 g/mol. The Morgan fingerprint density at radius 3 is 2.32 bits per heavy atom. The van der Waals surface area contributed by atoms with E-state index in [2.05, 4.69) is 9.80 Å². The number of carbonyl (C=O) groups is 1. The number of morpholine rings is 1. The maximum Gasteiger partial charge on any atom is 0.257 e. The first-order valence-corrected chi connectivity index (χ1v) is 12.1. The van der Waals surface area contributed by atoms with Gasteiger partial charge in [0.05, 0.1) is 18.8 Å². The summed E-state index contributed by atoms with van der Waals surface area (Å²) in [5.41, 5.74) is 0.727. The molecule has 1 aromatic rings. The number of aryl methyl sites for hydroxylation is 2. The predicted molar refractivity (Wildman–Crippen MR) is 119 cm³/mol. The van der Waals surface area contributed by atoms with Crippen molar-refractivity contribution in [1.82, 2.24) is 14.7 Å². The fraction of sp³-hybridized carbons (Fsp3) is 0.792. The lowest BCUT2D eigenvalue weighted by molar-refractivity contribution is 0.00624. The summed E-state index contributed by atoms with van der Waals surface area (Å²) >= 11 is 0. The van der Waals surface area contributed by atoms with Crippen LogP contribution in [0.15, 0.2) is 10.5 Å². The van der Waals surface area contributed by atoms with E-state index < -0.39 is 0 Å². The second-order valence-electron chi connectivity index (χ2n) is 9.35. The molecule has 4 rings (SSSR count). The van der Waals surface area contributed by atoms with E-state index in [1.807, 2.05) is 24.8 Å². The molecule has 4 heterocycles. The normalized spacial score (nSPS) is 22.4. The van der Waals surface area contributed by atoms with Crippen LogP contribution in [0.5, 0.6) is 0 Å². The van der Waals surface area contributed by atoms with Gasteiger partial charge in [-0.1, -0.05) is 0 Å². The van der Waals surface area contributed by atoms with Crippen LogP contribution in [0.4, 0.5) is 0 Å². The Kier molecular flexibility index (Phi) is 8.04. The zero-order valence-electron chi connectivity index (χ0n) is 19.3. The van der Waals surface area contributed by atoms with E-state index in [1.165, 1.54) is 0 Å². The van der Waals surface area contributed by atoms with Crippen molar-refractivity contribution >= 4 is 5.91 Å². The Morgan fingerprint density at radius 1 is 1.00 bits per heavy atom. The van der Waals surface area contributed by atoms with Crippen LogP contribution in [-0.2, 0) is 9.47 Å². The molecule has 3 fully saturated rings. The molecule has 0 atom stereocenters. The van der Waals surface area contributed by atoms with Gasteiger partial charge >= 0.3 is 0 Å². The molecule has 31 heavy (non-hydrogen) atoms. The van der Waals surface area contributed by atoms with Crippen molar-refractivity contribution in [2.45, 2.75) is 45.6 Å². The van der Waals surface area contributed by atoms with Crippen molar-refractivity contribution in [3.05, 3.63) is 23.2 Å². The summed E-state index contributed by atoms with van der Waals surface area (Å²) in [5.74, 6) is 2.33. The molecule has 0 radical (unpaired) electrons. The number of furan rings is 1. The molecule has 3 saturated heterocycles. The van der Waals surface area contributed by atoms with Crippen LogP contribution < -0.4 is 0 Å². The van der Waals surface area contributed by atoms with Crippen molar-refractivity contribution in [2.24, 2.45) is 5.92 Å². The van der Waals surface area contributed by atoms with Gasteiger partial charge in [-0.2, -0.15) is 0 Å². The maximum atomic E-state index is 12.9. The number of rotatable bonds is 7. The molecule has 3 aliphatic rings. The third-order valence-corrected chi connectivity index (χ3v) is 7.18. The molecular weight excluding hydrogens is 394 g/mol. The van der Waals surface area contributed by atoms with Crippen LogP contribution in [0.1, 0.15) is 47.6 Å². The zero-order valence-corrected chi connectivity index (χ0v) is 19.3. The van der Waals surface area contributed by atoms with Crippen molar-refractivity contribution in [2.75, 3.05) is 72.2 Å². The highest BCUT2D eigenvalue weighted by Crippen LogP contribution is 2.25. The Labute approximate surface area is 186 Å². The summed E-state index contributed by atoms with van der Waals surface area (Å²) in [7, 11) is 0. The van der Waals surface area contributed by atoms with Crippen LogP contribution in [0, 0.1) is 19.8 Å². The first-order valence-electron chi connectivity index (χ1n) is 12.1. The first-order chi connectivity index (χ1) is 15.1. The molecule has 0 spiro atoms. The average Bonchev–Trinajstić information content (AvgIpc) is 3.15. The van der Waals surface area contributed by atoms with E-state index in [1.54, 1.807) is 0 Å². The SMILES string of the molecule is Cc1cc(C(=O)N2CCC(CN(CCN3CCOCC3)C3CCOCC3)CC2)c(C)o1. The highest BCUT2D eigenvalue weighted by atomic mass is 16.5. The maximum absolute atomic E-state index is 12.9. The van der Waals surface area contributed by atoms with Gasteiger partial charge in [0.1, 0.15) is 11.5 Å². The number of amides is 1. The third-order valence-electron chi connectivity index (χ3n) is 7.18. The quantitative estimate of drug-likeness (QED) is 0.659. The van der Waals surface area contributed by atoms with Gasteiger partial charge in [-0.3, -0.25) is 14.6 Å². The van der Waals surface area contributed by atoms with Gasteiger partial charge in [-0.25, -0.2) is 0 Å². The molecule has 3 aliphatic heterocycles. The molecule has 0 bridgehead atoms. The lowest BCUT2D eigenvalue weighted by atomic mass is 9.94. The highest BCUT2D eigenvalue weighted by Gasteiger charge is 2.29. The van der Waals surface area contributed by atoms with Gasteiger partial charge in [0, 0.05) is 65.1 Å². The minimum Gasteiger partial charge on any atom is -0.466 e. The summed E-state index contributed by atoms with van der Waals surface area (Å²) < 4.78 is 16.7. The molecule has 1 amide bonds. The number of nitrogens with zero attached hydrogens (tertiary/aromatic N) is 3. The number of carbonyl (C=O) groups excluding carboxylic acids is 1. The fourth-order valence-electron chi connectivity index (χ4n) is 5.23. The summed E-state index contributed by atoms with van der Waals surface area (Å²) in [6, 6.07) is 2.51. The molecule has 174 valence electrons. The Bertz CT molecular complexity index is 702. The second-order valence-corrected chi connectivity index (χ2v) is 9.35. The highest BCUT2D eigenvalue weighted by molar-refractivity contribution is 5.95. The molecule has 0 unspecified atom stereocenters. The van der Waals surface area contributed by atoms with E-state index in [-0.39, 0.29) is 5.91 Å². The lowest BCUT2D eigenvalue weighted by Gasteiger charge is -2.40. The molecule has 7 nitrogen and oxygen atoms in total. The third kappa shape index (κ3) is 6.09. The number of hydrogen-bond acceptors (Lipinski definition) is 6. The molecule has 1 aromatic heterocycles. The average molecular weight is 434 g/mol. The Morgan fingerprint density at radius 2 is 1.68 bits per heavy atom. The summed E-state index contributed by atoms with van der Waals surface area (Å²) in [4.78, 5) is 20.2. The number of piperidine rings is 1. The summed E-state index contributed by atoms with van der Waals surface area (Å²) in [6.45, 7) is 14.4. The number of ether oxygens (including phenoxy) is 2. The first kappa shape index (κ1) is 22.8. The molecular formula is C24H39N3O4. The van der Waals surface area contributed by atoms with Crippen LogP contribution in [-0.4, -0.2) is 98.9 Å². The van der Waals surface area contributed by atoms with E-state index in [9.17, 15) is 4.79 Å². The number of likely N-dealkylation sites (tertiary alicyclic amines) is 1. The summed E-state index contributed by atoms with van der Waals surface area (Å²) in [5, 5.41) is 0. The second kappa shape index (κ2) is 10.9. The minimum atomic E-state index is 0.126. The van der Waals surface area contributed by atoms with Gasteiger partial charge in [0.25, 0.3) is 5.91 Å². The van der Waals surface area contributed by atoms with Gasteiger partial charge in [-0.05, 0) is 51.5 Å². The van der Waals surface area contributed by atoms with Gasteiger partial charge in [0.15, 0.2) is 0 Å². The molecule has 0 saturated carbocycles. The summed E-state index contributed by atoms with van der Waals surface area (Å²) in [6.07, 6.45) is 4.44. The Balaban J connectivity index is 1.29. The topological polar surface area (TPSA) is 58.4 Å². The number of hydrogen-bond donors (Lipinski definition) is 0. The largest absolute Gasteiger partial charge is 0.466 e. The minimum absolute atomic E-state index is 0.126. The van der Waals surface area contributed by atoms with Gasteiger partial charge in [0.2, 0.25) is 0 Å². The molecule has 0 aromatic carbocycles. The fourth-order valence-corrected chi connectivity index (χ4v) is 5.23. The van der Waals surface area contributed by atoms with Crippen molar-refractivity contribution in [1.29, 1.82) is 0 Å². The predicted octanol–water partition coefficient (Wildman–Crippen LogP) is 2.56. The standard InChI is InChI=1S/C24H39N3O4/c1-19-17-23(20(2)31-19)24(28)26-7-3-21(4-8-26)18-27(22-5-13-29-14-6-22)10-9-25-11-15-30-16-12-25/h17,21-22H,3-16,18H2,1-2H3. The van der Waals surface area contributed by atoms with Crippen LogP contribution in [0.25, 0.3) is 0 Å². The van der Waals surface area contributed by atoms with E-state index in [0.717, 1.165) is 115 Å². The Hall–Kier alpha value is -1.41. The van der Waals surface area contributed by atoms with E-state index >= 15 is 0 Å². The van der Waals surface area contributed by atoms with Crippen molar-refractivity contribution in [3.8, 4) is 0 Å². The van der Waals surface area contributed by atoms with Gasteiger partial charge < -0.3 is 18.8 Å². The van der Waals surface area contributed by atoms with Crippen molar-refractivity contribution in [3.63, 3.8) is 0 Å². The van der Waals surface area contributed by atoms with Crippen LogP contribution in [0.3, 0.4) is 0 Å². The van der Waals surface area contributed by atoms with Crippen molar-refractivity contribution < 1.29 is 18.7 Å². The van der Waals surface area contributed by atoms with Crippen LogP contribution >= 0.6 is 0 Å². The molecule has 0 aliphatic carbocycles. The van der Waals surface area contributed by atoms with Gasteiger partial charge in [-0.15, -0.1) is 0 Å². The smallest absolute Gasteiger partial charge is 0.257 e. The molecule has 7 heteroatoms. The van der Waals surface area contributed by atoms with Crippen LogP contribution in [0.2, 0.25) is 0 Å². The zero-order chi connectivity index (χ0) is 21.6.